The summed E-state index contributed by atoms with van der Waals surface area (Å²) in [7, 11) is -3.10. The van der Waals surface area contributed by atoms with E-state index in [9.17, 15) is 8.42 Å². The zero-order valence-corrected chi connectivity index (χ0v) is 13.9. The molecule has 1 aromatic rings. The van der Waals surface area contributed by atoms with Crippen molar-refractivity contribution in [1.29, 1.82) is 0 Å². The van der Waals surface area contributed by atoms with Crippen LogP contribution in [-0.2, 0) is 10.0 Å². The summed E-state index contributed by atoms with van der Waals surface area (Å²) in [6, 6.07) is 1.86. The van der Waals surface area contributed by atoms with E-state index in [4.69, 9.17) is 4.74 Å². The van der Waals surface area contributed by atoms with Crippen molar-refractivity contribution in [3.8, 4) is 5.88 Å². The minimum Gasteiger partial charge on any atom is -0.473 e. The molecule has 3 fully saturated rings. The summed E-state index contributed by atoms with van der Waals surface area (Å²) in [5.74, 6) is 1.44. The maximum atomic E-state index is 12.3. The normalized spacial score (nSPS) is 25.9. The molecule has 7 nitrogen and oxygen atoms in total. The Bertz CT molecular complexity index is 671. The van der Waals surface area contributed by atoms with Crippen LogP contribution in [0, 0.1) is 0 Å². The van der Waals surface area contributed by atoms with E-state index in [0.717, 1.165) is 38.2 Å². The van der Waals surface area contributed by atoms with Gasteiger partial charge in [-0.1, -0.05) is 0 Å². The summed E-state index contributed by atoms with van der Waals surface area (Å²) < 4.78 is 32.0. The van der Waals surface area contributed by atoms with Gasteiger partial charge in [0.1, 0.15) is 18.2 Å². The summed E-state index contributed by atoms with van der Waals surface area (Å²) in [5.41, 5.74) is 0. The highest BCUT2D eigenvalue weighted by atomic mass is 32.2. The lowest BCUT2D eigenvalue weighted by molar-refractivity contribution is 0.206. The largest absolute Gasteiger partial charge is 0.473 e. The summed E-state index contributed by atoms with van der Waals surface area (Å²) >= 11 is 0. The fourth-order valence-electron chi connectivity index (χ4n) is 3.29. The van der Waals surface area contributed by atoms with Gasteiger partial charge in [0.05, 0.1) is 11.8 Å². The first-order valence-corrected chi connectivity index (χ1v) is 9.86. The van der Waals surface area contributed by atoms with Crippen molar-refractivity contribution in [3.63, 3.8) is 0 Å². The van der Waals surface area contributed by atoms with E-state index in [2.05, 4.69) is 14.9 Å². The highest BCUT2D eigenvalue weighted by Crippen LogP contribution is 2.33. The topological polar surface area (TPSA) is 75.6 Å². The molecule has 1 aliphatic carbocycles. The lowest BCUT2D eigenvalue weighted by Gasteiger charge is -2.18. The van der Waals surface area contributed by atoms with Crippen LogP contribution in [0.4, 0.5) is 5.82 Å². The van der Waals surface area contributed by atoms with Gasteiger partial charge in [0.25, 0.3) is 0 Å². The van der Waals surface area contributed by atoms with Crippen molar-refractivity contribution in [2.45, 2.75) is 43.5 Å². The van der Waals surface area contributed by atoms with Crippen LogP contribution in [0.5, 0.6) is 5.88 Å². The first-order chi connectivity index (χ1) is 11.1. The first kappa shape index (κ1) is 15.1. The standard InChI is InChI=1S/C15H22N4O3S/c20-23(21,13-3-4-13)19-8-5-12(10-19)22-15-9-14(16-11-17-15)18-6-1-2-7-18/h9,11-13H,1-8,10H2/t12-/m0/s1. The Labute approximate surface area is 136 Å². The predicted molar refractivity (Wildman–Crippen MR) is 86.0 cm³/mol. The molecular formula is C15H22N4O3S. The minimum absolute atomic E-state index is 0.121. The maximum Gasteiger partial charge on any atom is 0.218 e. The summed E-state index contributed by atoms with van der Waals surface area (Å²) in [6.07, 6.45) is 6.11. The third-order valence-electron chi connectivity index (χ3n) is 4.76. The van der Waals surface area contributed by atoms with Crippen LogP contribution in [0.1, 0.15) is 32.1 Å². The molecule has 2 saturated heterocycles. The Balaban J connectivity index is 1.40. The molecule has 3 aliphatic rings. The van der Waals surface area contributed by atoms with Crippen LogP contribution < -0.4 is 9.64 Å². The average molecular weight is 338 g/mol. The van der Waals surface area contributed by atoms with E-state index in [1.165, 1.54) is 19.2 Å². The number of anilines is 1. The minimum atomic E-state index is -3.10. The number of rotatable bonds is 5. The zero-order valence-electron chi connectivity index (χ0n) is 13.1. The fourth-order valence-corrected chi connectivity index (χ4v) is 5.17. The molecule has 1 aromatic heterocycles. The predicted octanol–water partition coefficient (Wildman–Crippen LogP) is 1.02. The van der Waals surface area contributed by atoms with E-state index in [1.54, 1.807) is 4.31 Å². The average Bonchev–Trinajstić information content (AvgIpc) is 3.08. The van der Waals surface area contributed by atoms with Crippen molar-refractivity contribution in [1.82, 2.24) is 14.3 Å². The number of sulfonamides is 1. The van der Waals surface area contributed by atoms with Gasteiger partial charge in [-0.25, -0.2) is 18.4 Å². The molecular weight excluding hydrogens is 316 g/mol. The first-order valence-electron chi connectivity index (χ1n) is 8.35. The molecule has 0 N–H and O–H groups in total. The van der Waals surface area contributed by atoms with Crippen LogP contribution in [0.15, 0.2) is 12.4 Å². The number of hydrogen-bond donors (Lipinski definition) is 0. The maximum absolute atomic E-state index is 12.3. The van der Waals surface area contributed by atoms with Crippen molar-refractivity contribution in [2.75, 3.05) is 31.1 Å². The monoisotopic (exact) mass is 338 g/mol. The van der Waals surface area contributed by atoms with Crippen LogP contribution in [0.2, 0.25) is 0 Å². The Kier molecular flexibility index (Phi) is 3.88. The summed E-state index contributed by atoms with van der Waals surface area (Å²) in [6.45, 7) is 3.02. The molecule has 126 valence electrons. The molecule has 1 saturated carbocycles. The Hall–Kier alpha value is -1.41. The molecule has 4 rings (SSSR count). The zero-order chi connectivity index (χ0) is 15.9. The van der Waals surface area contributed by atoms with E-state index >= 15 is 0 Å². The number of hydrogen-bond acceptors (Lipinski definition) is 6. The Morgan fingerprint density at radius 3 is 2.61 bits per heavy atom. The highest BCUT2D eigenvalue weighted by Gasteiger charge is 2.43. The van der Waals surface area contributed by atoms with Gasteiger partial charge >= 0.3 is 0 Å². The molecule has 0 amide bonds. The second-order valence-corrected chi connectivity index (χ2v) is 8.75. The van der Waals surface area contributed by atoms with Crippen LogP contribution in [0.25, 0.3) is 0 Å². The van der Waals surface area contributed by atoms with Gasteiger partial charge in [-0.15, -0.1) is 0 Å². The number of aromatic nitrogens is 2. The van der Waals surface area contributed by atoms with Crippen LogP contribution >= 0.6 is 0 Å². The SMILES string of the molecule is O=S(=O)(C1CC1)N1CC[C@H](Oc2cc(N3CCCC3)ncn2)C1. The van der Waals surface area contributed by atoms with E-state index in [1.807, 2.05) is 6.07 Å². The Morgan fingerprint density at radius 2 is 1.87 bits per heavy atom. The van der Waals surface area contributed by atoms with E-state index < -0.39 is 10.0 Å². The lowest BCUT2D eigenvalue weighted by Crippen LogP contribution is -2.33. The third-order valence-corrected chi connectivity index (χ3v) is 7.12. The fraction of sp³-hybridized carbons (Fsp3) is 0.733. The van der Waals surface area contributed by atoms with Gasteiger partial charge in [-0.3, -0.25) is 0 Å². The second-order valence-electron chi connectivity index (χ2n) is 6.54. The molecule has 0 aromatic carbocycles. The van der Waals surface area contributed by atoms with Crippen molar-refractivity contribution >= 4 is 15.8 Å². The summed E-state index contributed by atoms with van der Waals surface area (Å²) in [5, 5.41) is -0.151. The van der Waals surface area contributed by atoms with Gasteiger partial charge in [0, 0.05) is 25.7 Å². The lowest BCUT2D eigenvalue weighted by atomic mass is 10.3. The quantitative estimate of drug-likeness (QED) is 0.798. The molecule has 8 heteroatoms. The second kappa shape index (κ2) is 5.90. The highest BCUT2D eigenvalue weighted by molar-refractivity contribution is 7.90. The molecule has 23 heavy (non-hydrogen) atoms. The summed E-state index contributed by atoms with van der Waals surface area (Å²) in [4.78, 5) is 10.7. The smallest absolute Gasteiger partial charge is 0.218 e. The molecule has 0 spiro atoms. The van der Waals surface area contributed by atoms with Gasteiger partial charge < -0.3 is 9.64 Å². The van der Waals surface area contributed by atoms with Gasteiger partial charge in [-0.2, -0.15) is 4.31 Å². The molecule has 2 aliphatic heterocycles. The van der Waals surface area contributed by atoms with Gasteiger partial charge in [0.15, 0.2) is 0 Å². The van der Waals surface area contributed by atoms with E-state index in [0.29, 0.717) is 19.0 Å². The van der Waals surface area contributed by atoms with Crippen LogP contribution in [-0.4, -0.2) is 60.2 Å². The third kappa shape index (κ3) is 3.14. The molecule has 0 unspecified atom stereocenters. The number of nitrogens with zero attached hydrogens (tertiary/aromatic N) is 4. The van der Waals surface area contributed by atoms with Crippen molar-refractivity contribution < 1.29 is 13.2 Å². The molecule has 0 radical (unpaired) electrons. The Morgan fingerprint density at radius 1 is 1.09 bits per heavy atom. The number of ether oxygens (including phenoxy) is 1. The van der Waals surface area contributed by atoms with Crippen molar-refractivity contribution in [2.24, 2.45) is 0 Å². The van der Waals surface area contributed by atoms with Gasteiger partial charge in [0.2, 0.25) is 15.9 Å². The molecule has 1 atom stereocenters. The molecule has 3 heterocycles. The molecule has 0 bridgehead atoms. The van der Waals surface area contributed by atoms with Crippen molar-refractivity contribution in [3.05, 3.63) is 12.4 Å². The van der Waals surface area contributed by atoms with Crippen LogP contribution in [0.3, 0.4) is 0 Å². The van der Waals surface area contributed by atoms with E-state index in [-0.39, 0.29) is 11.4 Å². The van der Waals surface area contributed by atoms with Gasteiger partial charge in [-0.05, 0) is 32.1 Å².